The normalized spacial score (nSPS) is 17.5. The summed E-state index contributed by atoms with van der Waals surface area (Å²) in [6, 6.07) is 2.64. The van der Waals surface area contributed by atoms with Crippen LogP contribution in [0.4, 0.5) is 14.9 Å². The van der Waals surface area contributed by atoms with Gasteiger partial charge in [-0.15, -0.1) is 0 Å². The number of nitrogens with zero attached hydrogens (tertiary/aromatic N) is 3. The van der Waals surface area contributed by atoms with Gasteiger partial charge in [-0.25, -0.2) is 14.0 Å². The maximum absolute atomic E-state index is 15.0. The summed E-state index contributed by atoms with van der Waals surface area (Å²) in [5.74, 6) is -2.67. The maximum atomic E-state index is 15.0. The van der Waals surface area contributed by atoms with Gasteiger partial charge in [0.2, 0.25) is 5.43 Å². The number of ketones is 1. The molecule has 1 atom stereocenters. The van der Waals surface area contributed by atoms with Gasteiger partial charge in [-0.05, 0) is 19.1 Å². The van der Waals surface area contributed by atoms with E-state index >= 15 is 0 Å². The molecule has 0 radical (unpaired) electrons. The van der Waals surface area contributed by atoms with Crippen molar-refractivity contribution >= 4 is 46.2 Å². The quantitative estimate of drug-likeness (QED) is 0.547. The van der Waals surface area contributed by atoms with Crippen LogP contribution in [-0.2, 0) is 9.53 Å². The van der Waals surface area contributed by atoms with Crippen LogP contribution in [0.2, 0.25) is 0 Å². The van der Waals surface area contributed by atoms with Crippen molar-refractivity contribution in [3.8, 4) is 0 Å². The number of hydrogen-bond acceptors (Lipinski definition) is 7. The van der Waals surface area contributed by atoms with E-state index in [2.05, 4.69) is 6.58 Å². The van der Waals surface area contributed by atoms with Crippen LogP contribution < -0.4 is 10.3 Å². The lowest BCUT2D eigenvalue weighted by atomic mass is 10.1. The second-order valence-corrected chi connectivity index (χ2v) is 8.85. The van der Waals surface area contributed by atoms with Gasteiger partial charge in [0.05, 0.1) is 21.6 Å². The number of carboxylic acids is 1. The summed E-state index contributed by atoms with van der Waals surface area (Å²) < 4.78 is 21.6. The first-order valence-electron chi connectivity index (χ1n) is 9.83. The molecule has 1 N–H and O–H groups in total. The predicted octanol–water partition coefficient (Wildman–Crippen LogP) is 2.82. The van der Waals surface area contributed by atoms with Crippen LogP contribution >= 0.6 is 11.8 Å². The number of halogens is 1. The molecule has 2 aliphatic rings. The highest BCUT2D eigenvalue weighted by molar-refractivity contribution is 8.00. The van der Waals surface area contributed by atoms with Crippen LogP contribution in [0.5, 0.6) is 0 Å². The number of amides is 1. The zero-order valence-corrected chi connectivity index (χ0v) is 18.2. The summed E-state index contributed by atoms with van der Waals surface area (Å²) in [6.45, 7) is 7.60. The van der Waals surface area contributed by atoms with E-state index in [0.29, 0.717) is 23.6 Å². The van der Waals surface area contributed by atoms with Crippen LogP contribution in [0.1, 0.15) is 29.6 Å². The molecular formula is C21H20FN3O6S. The van der Waals surface area contributed by atoms with Gasteiger partial charge >= 0.3 is 12.1 Å². The van der Waals surface area contributed by atoms with E-state index in [1.807, 2.05) is 6.92 Å². The summed E-state index contributed by atoms with van der Waals surface area (Å²) in [7, 11) is 0. The second kappa shape index (κ2) is 7.97. The maximum Gasteiger partial charge on any atom is 0.415 e. The molecule has 3 heterocycles. The van der Waals surface area contributed by atoms with E-state index in [1.165, 1.54) is 23.6 Å². The summed E-state index contributed by atoms with van der Waals surface area (Å²) in [6.07, 6.45) is -0.691. The van der Waals surface area contributed by atoms with E-state index < -0.39 is 29.1 Å². The number of fused-ring (bicyclic) bond motifs is 3. The van der Waals surface area contributed by atoms with E-state index in [0.717, 1.165) is 6.07 Å². The Morgan fingerprint density at radius 1 is 1.22 bits per heavy atom. The number of ether oxygens (including phenoxy) is 1. The molecule has 11 heteroatoms. The van der Waals surface area contributed by atoms with Crippen molar-refractivity contribution in [2.45, 2.75) is 24.2 Å². The molecule has 1 amide bonds. The fourth-order valence-electron chi connectivity index (χ4n) is 3.84. The molecule has 0 aliphatic carbocycles. The number of carbonyl (C=O) groups is 3. The molecule has 4 rings (SSSR count). The summed E-state index contributed by atoms with van der Waals surface area (Å²) in [5, 5.41) is 9.72. The first kappa shape index (κ1) is 21.9. The molecule has 32 heavy (non-hydrogen) atoms. The minimum Gasteiger partial charge on any atom is -0.477 e. The minimum atomic E-state index is -1.33. The molecule has 168 valence electrons. The van der Waals surface area contributed by atoms with Crippen molar-refractivity contribution < 1.29 is 28.6 Å². The molecule has 1 fully saturated rings. The first-order valence-corrected chi connectivity index (χ1v) is 10.7. The van der Waals surface area contributed by atoms with Gasteiger partial charge in [0.1, 0.15) is 11.4 Å². The summed E-state index contributed by atoms with van der Waals surface area (Å²) in [5.41, 5.74) is -0.314. The average molecular weight is 461 g/mol. The van der Waals surface area contributed by atoms with E-state index in [1.54, 1.807) is 15.5 Å². The summed E-state index contributed by atoms with van der Waals surface area (Å²) in [4.78, 5) is 50.8. The van der Waals surface area contributed by atoms with Gasteiger partial charge in [0.15, 0.2) is 11.5 Å². The number of Topliss-reactive ketones (excluding diaryl/α,β-unsaturated/α-hetero) is 1. The molecule has 2 aliphatic heterocycles. The van der Waals surface area contributed by atoms with Crippen LogP contribution in [0, 0.1) is 5.82 Å². The lowest BCUT2D eigenvalue weighted by Gasteiger charge is -2.36. The number of aromatic carboxylic acids is 1. The highest BCUT2D eigenvalue weighted by Crippen LogP contribution is 2.46. The zero-order chi connectivity index (χ0) is 23.3. The lowest BCUT2D eigenvalue weighted by molar-refractivity contribution is -0.116. The highest BCUT2D eigenvalue weighted by atomic mass is 32.2. The Kier molecular flexibility index (Phi) is 5.45. The number of thioether (sulfide) groups is 1. The number of anilines is 1. The first-order chi connectivity index (χ1) is 15.1. The average Bonchev–Trinajstić information content (AvgIpc) is 2.73. The number of benzene rings is 1. The van der Waals surface area contributed by atoms with Gasteiger partial charge in [-0.1, -0.05) is 18.3 Å². The standard InChI is InChI=1S/C21H20FN3O6S/c1-10(26)11(2)31-21(30)24-6-4-23(5-7-24)16-9-15-13(8-14(16)22)18(27)17(20(28)29)19-25(15)12(3)32-19/h8-9,12H,2,4-7H2,1,3H3,(H,28,29). The third-order valence-electron chi connectivity index (χ3n) is 5.57. The highest BCUT2D eigenvalue weighted by Gasteiger charge is 2.33. The Morgan fingerprint density at radius 2 is 1.88 bits per heavy atom. The Hall–Kier alpha value is -3.34. The molecule has 1 aromatic heterocycles. The van der Waals surface area contributed by atoms with E-state index in [4.69, 9.17) is 4.74 Å². The van der Waals surface area contributed by atoms with Gasteiger partial charge in [0.25, 0.3) is 0 Å². The topological polar surface area (TPSA) is 109 Å². The molecular weight excluding hydrogens is 441 g/mol. The number of rotatable bonds is 4. The van der Waals surface area contributed by atoms with Crippen molar-refractivity contribution in [1.82, 2.24) is 9.47 Å². The number of hydrogen-bond donors (Lipinski definition) is 1. The van der Waals surface area contributed by atoms with Gasteiger partial charge < -0.3 is 24.2 Å². The SMILES string of the molecule is C=C(OC(=O)N1CCN(c2cc3c(cc2F)c(=O)c(C(=O)O)c2n3C(C)S2)CC1)C(C)=O. The van der Waals surface area contributed by atoms with Crippen molar-refractivity contribution in [2.24, 2.45) is 0 Å². The van der Waals surface area contributed by atoms with E-state index in [-0.39, 0.29) is 40.9 Å². The number of aromatic nitrogens is 1. The third-order valence-corrected chi connectivity index (χ3v) is 6.75. The molecule has 1 saturated heterocycles. The van der Waals surface area contributed by atoms with Crippen molar-refractivity contribution in [1.29, 1.82) is 0 Å². The Balaban J connectivity index is 1.62. The van der Waals surface area contributed by atoms with Crippen LogP contribution in [0.3, 0.4) is 0 Å². The number of allylic oxidation sites excluding steroid dienone is 1. The fraction of sp³-hybridized carbons (Fsp3) is 0.333. The number of pyridine rings is 1. The fourth-order valence-corrected chi connectivity index (χ4v) is 4.99. The monoisotopic (exact) mass is 461 g/mol. The largest absolute Gasteiger partial charge is 0.477 e. The van der Waals surface area contributed by atoms with Gasteiger partial charge in [0, 0.05) is 38.5 Å². The van der Waals surface area contributed by atoms with Gasteiger partial charge in [-0.3, -0.25) is 9.59 Å². The number of piperazine rings is 1. The minimum absolute atomic E-state index is 0.0181. The summed E-state index contributed by atoms with van der Waals surface area (Å²) >= 11 is 1.28. The van der Waals surface area contributed by atoms with Crippen LogP contribution in [0.25, 0.3) is 10.9 Å². The zero-order valence-electron chi connectivity index (χ0n) is 17.4. The van der Waals surface area contributed by atoms with Crippen LogP contribution in [0.15, 0.2) is 34.3 Å². The van der Waals surface area contributed by atoms with Crippen molar-refractivity contribution in [3.05, 3.63) is 46.1 Å². The molecule has 0 spiro atoms. The molecule has 0 saturated carbocycles. The molecule has 1 unspecified atom stereocenters. The van der Waals surface area contributed by atoms with E-state index in [9.17, 15) is 28.7 Å². The Labute approximate surface area is 186 Å². The van der Waals surface area contributed by atoms with Crippen molar-refractivity contribution in [2.75, 3.05) is 31.1 Å². The molecule has 9 nitrogen and oxygen atoms in total. The van der Waals surface area contributed by atoms with Crippen LogP contribution in [-0.4, -0.2) is 58.6 Å². The molecule has 1 aromatic carbocycles. The lowest BCUT2D eigenvalue weighted by Crippen LogP contribution is -2.49. The Morgan fingerprint density at radius 3 is 2.44 bits per heavy atom. The molecule has 2 aromatic rings. The molecule has 0 bridgehead atoms. The number of carboxylic acid groups (broad SMARTS) is 1. The predicted molar refractivity (Wildman–Crippen MR) is 116 cm³/mol. The van der Waals surface area contributed by atoms with Crippen molar-refractivity contribution in [3.63, 3.8) is 0 Å². The second-order valence-electron chi connectivity index (χ2n) is 7.54. The van der Waals surface area contributed by atoms with Gasteiger partial charge in [-0.2, -0.15) is 0 Å². The smallest absolute Gasteiger partial charge is 0.415 e. The third kappa shape index (κ3) is 3.52. The number of carbonyl (C=O) groups excluding carboxylic acids is 2. The Bertz CT molecular complexity index is 1250.